The van der Waals surface area contributed by atoms with Crippen LogP contribution in [-0.4, -0.2) is 83.0 Å². The number of carbonyl (C=O) groups is 2. The number of aliphatic hydroxyl groups is 1. The molecule has 1 N–H and O–H groups in total. The zero-order valence-electron chi connectivity index (χ0n) is 18.8. The van der Waals surface area contributed by atoms with Crippen LogP contribution >= 0.6 is 0 Å². The molecule has 2 unspecified atom stereocenters. The second kappa shape index (κ2) is 10.3. The number of likely N-dealkylation sites (tertiary alicyclic amines) is 1. The molecule has 6 heteroatoms. The number of benzene rings is 2. The Bertz CT molecular complexity index is 866. The minimum absolute atomic E-state index is 0.0449. The Morgan fingerprint density at radius 3 is 2.12 bits per heavy atom. The molecule has 2 amide bonds. The molecule has 2 fully saturated rings. The van der Waals surface area contributed by atoms with Gasteiger partial charge in [0.15, 0.2) is 0 Å². The average Bonchev–Trinajstić information content (AvgIpc) is 2.80. The van der Waals surface area contributed by atoms with Crippen LogP contribution in [0.1, 0.15) is 36.8 Å². The van der Waals surface area contributed by atoms with E-state index in [4.69, 9.17) is 0 Å². The number of piperidine rings is 1. The van der Waals surface area contributed by atoms with Gasteiger partial charge in [0.2, 0.25) is 11.8 Å². The summed E-state index contributed by atoms with van der Waals surface area (Å²) in [6, 6.07) is 19.8. The van der Waals surface area contributed by atoms with Gasteiger partial charge in [-0.15, -0.1) is 0 Å². The Balaban J connectivity index is 1.62. The van der Waals surface area contributed by atoms with Crippen molar-refractivity contribution in [1.82, 2.24) is 14.7 Å². The smallest absolute Gasteiger partial charge is 0.234 e. The number of amides is 2. The minimum atomic E-state index is -0.379. The highest BCUT2D eigenvalue weighted by atomic mass is 16.3. The van der Waals surface area contributed by atoms with Crippen LogP contribution in [0, 0.1) is 0 Å². The molecule has 170 valence electrons. The van der Waals surface area contributed by atoms with E-state index in [1.54, 1.807) is 6.92 Å². The van der Waals surface area contributed by atoms with E-state index in [9.17, 15) is 14.7 Å². The van der Waals surface area contributed by atoms with Crippen LogP contribution in [0.4, 0.5) is 0 Å². The van der Waals surface area contributed by atoms with Crippen LogP contribution in [0.2, 0.25) is 0 Å². The Hall–Kier alpha value is -2.70. The Labute approximate surface area is 190 Å². The molecule has 0 bridgehead atoms. The maximum Gasteiger partial charge on any atom is 0.234 e. The molecule has 2 saturated heterocycles. The Morgan fingerprint density at radius 2 is 1.56 bits per heavy atom. The first-order valence-corrected chi connectivity index (χ1v) is 11.6. The number of nitrogens with zero attached hydrogens (tertiary/aromatic N) is 3. The van der Waals surface area contributed by atoms with Gasteiger partial charge in [-0.05, 0) is 30.5 Å². The lowest BCUT2D eigenvalue weighted by molar-refractivity contribution is -0.143. The number of β-amino-alcohol motifs (C(OH)–C–C–N with tert-alkyl or cyclic N) is 1. The van der Waals surface area contributed by atoms with E-state index in [2.05, 4.69) is 4.90 Å². The van der Waals surface area contributed by atoms with Crippen molar-refractivity contribution in [2.45, 2.75) is 37.8 Å². The fraction of sp³-hybridized carbons (Fsp3) is 0.462. The summed E-state index contributed by atoms with van der Waals surface area (Å²) in [7, 11) is 0. The van der Waals surface area contributed by atoms with Gasteiger partial charge in [-0.1, -0.05) is 60.7 Å². The van der Waals surface area contributed by atoms with Crippen molar-refractivity contribution in [3.05, 3.63) is 71.8 Å². The molecule has 2 aliphatic rings. The molecular weight excluding hydrogens is 402 g/mol. The molecule has 0 saturated carbocycles. The van der Waals surface area contributed by atoms with Gasteiger partial charge in [-0.2, -0.15) is 0 Å². The van der Waals surface area contributed by atoms with Gasteiger partial charge in [-0.3, -0.25) is 14.5 Å². The summed E-state index contributed by atoms with van der Waals surface area (Å²) in [5.74, 6) is -0.257. The molecular formula is C26H33N3O3. The first-order chi connectivity index (χ1) is 15.5. The van der Waals surface area contributed by atoms with Crippen molar-refractivity contribution < 1.29 is 14.7 Å². The van der Waals surface area contributed by atoms with Crippen molar-refractivity contribution in [3.63, 3.8) is 0 Å². The zero-order chi connectivity index (χ0) is 22.5. The average molecular weight is 436 g/mol. The third-order valence-electron chi connectivity index (χ3n) is 6.67. The van der Waals surface area contributed by atoms with Crippen LogP contribution in [0.3, 0.4) is 0 Å². The number of hydrogen-bond acceptors (Lipinski definition) is 4. The van der Waals surface area contributed by atoms with Gasteiger partial charge in [0.05, 0.1) is 18.1 Å². The highest BCUT2D eigenvalue weighted by Gasteiger charge is 2.37. The number of piperazine rings is 1. The summed E-state index contributed by atoms with van der Waals surface area (Å²) in [5.41, 5.74) is 1.95. The molecule has 0 aliphatic carbocycles. The molecule has 2 heterocycles. The van der Waals surface area contributed by atoms with E-state index < -0.39 is 0 Å². The van der Waals surface area contributed by atoms with Gasteiger partial charge < -0.3 is 14.9 Å². The van der Waals surface area contributed by atoms with Crippen molar-refractivity contribution >= 4 is 11.8 Å². The van der Waals surface area contributed by atoms with E-state index in [1.165, 1.54) is 0 Å². The van der Waals surface area contributed by atoms with E-state index in [1.807, 2.05) is 70.5 Å². The summed E-state index contributed by atoms with van der Waals surface area (Å²) in [4.78, 5) is 32.2. The van der Waals surface area contributed by atoms with Crippen LogP contribution in [0.25, 0.3) is 0 Å². The highest BCUT2D eigenvalue weighted by molar-refractivity contribution is 5.88. The van der Waals surface area contributed by atoms with Gasteiger partial charge in [0, 0.05) is 39.6 Å². The normalized spacial score (nSPS) is 22.2. The zero-order valence-corrected chi connectivity index (χ0v) is 18.8. The molecule has 0 radical (unpaired) electrons. The summed E-state index contributed by atoms with van der Waals surface area (Å²) < 4.78 is 0. The van der Waals surface area contributed by atoms with Crippen LogP contribution in [-0.2, 0) is 9.59 Å². The van der Waals surface area contributed by atoms with Gasteiger partial charge in [0.1, 0.15) is 0 Å². The third kappa shape index (κ3) is 5.19. The van der Waals surface area contributed by atoms with Crippen molar-refractivity contribution in [3.8, 4) is 0 Å². The highest BCUT2D eigenvalue weighted by Crippen LogP contribution is 2.29. The molecule has 2 aromatic rings. The third-order valence-corrected chi connectivity index (χ3v) is 6.67. The van der Waals surface area contributed by atoms with Crippen LogP contribution in [0.15, 0.2) is 60.7 Å². The van der Waals surface area contributed by atoms with Crippen molar-refractivity contribution in [2.24, 2.45) is 0 Å². The Kier molecular flexibility index (Phi) is 7.22. The van der Waals surface area contributed by atoms with Crippen LogP contribution in [0.5, 0.6) is 0 Å². The molecule has 0 aromatic heterocycles. The van der Waals surface area contributed by atoms with Gasteiger partial charge >= 0.3 is 0 Å². The molecule has 0 spiro atoms. The number of aliphatic hydroxyl groups excluding tert-OH is 1. The quantitative estimate of drug-likeness (QED) is 0.783. The predicted octanol–water partition coefficient (Wildman–Crippen LogP) is 2.33. The standard InChI is InChI=1S/C26H33N3O3/c1-20(30)28-15-16-29(23(18-28)17-27-14-8-13-24(31)19-27)26(32)25(21-9-4-2-5-10-21)22-11-6-3-7-12-22/h2-7,9-12,23-25,31H,8,13-19H2,1H3. The van der Waals surface area contributed by atoms with E-state index in [0.717, 1.165) is 30.5 Å². The monoisotopic (exact) mass is 435 g/mol. The summed E-state index contributed by atoms with van der Waals surface area (Å²) in [5, 5.41) is 10.1. The molecule has 32 heavy (non-hydrogen) atoms. The molecule has 2 atom stereocenters. The van der Waals surface area contributed by atoms with Gasteiger partial charge in [0.25, 0.3) is 0 Å². The minimum Gasteiger partial charge on any atom is -0.392 e. The van der Waals surface area contributed by atoms with Crippen molar-refractivity contribution in [2.75, 3.05) is 39.3 Å². The molecule has 6 nitrogen and oxygen atoms in total. The molecule has 4 rings (SSSR count). The largest absolute Gasteiger partial charge is 0.392 e. The number of carbonyl (C=O) groups excluding carboxylic acids is 2. The maximum atomic E-state index is 14.0. The van der Waals surface area contributed by atoms with E-state index in [0.29, 0.717) is 32.7 Å². The fourth-order valence-electron chi connectivity index (χ4n) is 5.02. The SMILES string of the molecule is CC(=O)N1CCN(C(=O)C(c2ccccc2)c2ccccc2)C(CN2CCCC(O)C2)C1. The molecule has 2 aromatic carbocycles. The van der Waals surface area contributed by atoms with E-state index >= 15 is 0 Å². The first kappa shape index (κ1) is 22.5. The second-order valence-corrected chi connectivity index (χ2v) is 8.96. The maximum absolute atomic E-state index is 14.0. The summed E-state index contributed by atoms with van der Waals surface area (Å²) in [6.45, 7) is 5.41. The van der Waals surface area contributed by atoms with Gasteiger partial charge in [-0.25, -0.2) is 0 Å². The summed E-state index contributed by atoms with van der Waals surface area (Å²) in [6.07, 6.45) is 1.46. The molecule has 2 aliphatic heterocycles. The van der Waals surface area contributed by atoms with Crippen LogP contribution < -0.4 is 0 Å². The Morgan fingerprint density at radius 1 is 0.938 bits per heavy atom. The number of hydrogen-bond donors (Lipinski definition) is 1. The number of rotatable bonds is 5. The second-order valence-electron chi connectivity index (χ2n) is 8.96. The fourth-order valence-corrected chi connectivity index (χ4v) is 5.02. The summed E-state index contributed by atoms with van der Waals surface area (Å²) >= 11 is 0. The predicted molar refractivity (Wildman–Crippen MR) is 124 cm³/mol. The lowest BCUT2D eigenvalue weighted by Crippen LogP contribution is -2.61. The van der Waals surface area contributed by atoms with E-state index in [-0.39, 0.29) is 29.9 Å². The first-order valence-electron chi connectivity index (χ1n) is 11.6. The van der Waals surface area contributed by atoms with Crippen molar-refractivity contribution in [1.29, 1.82) is 0 Å². The lowest BCUT2D eigenvalue weighted by atomic mass is 9.89. The lowest BCUT2D eigenvalue weighted by Gasteiger charge is -2.45. The topological polar surface area (TPSA) is 64.1 Å².